The quantitative estimate of drug-likeness (QED) is 0.555. The van der Waals surface area contributed by atoms with Crippen LogP contribution in [0.15, 0.2) is 0 Å². The molecule has 0 radical (unpaired) electrons. The van der Waals surface area contributed by atoms with Crippen LogP contribution in [0.25, 0.3) is 0 Å². The largest absolute Gasteiger partial charge is 0.135 e. The van der Waals surface area contributed by atoms with Gasteiger partial charge in [-0.25, -0.2) is 0 Å². The van der Waals surface area contributed by atoms with Crippen molar-refractivity contribution >= 4 is 50.7 Å². The van der Waals surface area contributed by atoms with Gasteiger partial charge in [0.25, 0.3) is 0 Å². The second-order valence-corrected chi connectivity index (χ2v) is 4.81. The number of hydrogen-bond donors (Lipinski definition) is 0. The third kappa shape index (κ3) is 0.893. The first kappa shape index (κ1) is 6.47. The van der Waals surface area contributed by atoms with Crippen LogP contribution < -0.4 is 0 Å². The van der Waals surface area contributed by atoms with Gasteiger partial charge in [0, 0.05) is 0 Å². The molecule has 4 heteroatoms. The number of halogens is 4. The van der Waals surface area contributed by atoms with Crippen molar-refractivity contribution in [3.63, 3.8) is 0 Å². The molecule has 1 saturated carbocycles. The van der Waals surface area contributed by atoms with Gasteiger partial charge in [0.05, 0.1) is 10.8 Å². The van der Waals surface area contributed by atoms with Gasteiger partial charge < -0.3 is 0 Å². The van der Waals surface area contributed by atoms with Crippen LogP contribution in [0.4, 0.5) is 0 Å². The summed E-state index contributed by atoms with van der Waals surface area (Å²) in [5.41, 5.74) is 0. The summed E-state index contributed by atoms with van der Waals surface area (Å²) in [4.78, 5) is 0. The Bertz CT molecular complexity index is 82.2. The summed E-state index contributed by atoms with van der Waals surface area (Å²) in [7, 11) is 0. The van der Waals surface area contributed by atoms with E-state index in [1.165, 1.54) is 0 Å². The van der Waals surface area contributed by atoms with Gasteiger partial charge in [0.1, 0.15) is 3.78 Å². The van der Waals surface area contributed by atoms with Crippen LogP contribution >= 0.6 is 50.7 Å². The Labute approximate surface area is 65.2 Å². The molecular formula is C3H2BrCl3. The maximum Gasteiger partial charge on any atom is 0.135 e. The van der Waals surface area contributed by atoms with E-state index in [4.69, 9.17) is 34.8 Å². The Morgan fingerprint density at radius 1 is 1.29 bits per heavy atom. The minimum absolute atomic E-state index is 0.115. The molecule has 0 N–H and O–H groups in total. The number of hydrogen-bond acceptors (Lipinski definition) is 0. The molecule has 0 aromatic carbocycles. The summed E-state index contributed by atoms with van der Waals surface area (Å²) in [5.74, 6) is 0. The maximum absolute atomic E-state index is 5.59. The van der Waals surface area contributed by atoms with Gasteiger partial charge in [0.2, 0.25) is 0 Å². The van der Waals surface area contributed by atoms with Gasteiger partial charge in [-0.05, 0) is 0 Å². The maximum atomic E-state index is 5.59. The van der Waals surface area contributed by atoms with E-state index in [1.807, 2.05) is 0 Å². The van der Waals surface area contributed by atoms with Crippen LogP contribution in [0.5, 0.6) is 0 Å². The summed E-state index contributed by atoms with van der Waals surface area (Å²) in [6, 6.07) is 0. The van der Waals surface area contributed by atoms with Crippen molar-refractivity contribution in [2.24, 2.45) is 0 Å². The molecule has 1 rings (SSSR count). The Morgan fingerprint density at radius 2 is 1.43 bits per heavy atom. The summed E-state index contributed by atoms with van der Waals surface area (Å²) >= 11 is 19.7. The second-order valence-electron chi connectivity index (χ2n) is 1.48. The first-order chi connectivity index (χ1) is 3.07. The third-order valence-corrected chi connectivity index (χ3v) is 4.41. The lowest BCUT2D eigenvalue weighted by molar-refractivity contribution is 1.42. The highest BCUT2D eigenvalue weighted by molar-refractivity contribution is 9.10. The molecule has 0 bridgehead atoms. The highest BCUT2D eigenvalue weighted by Gasteiger charge is 2.61. The van der Waals surface area contributed by atoms with E-state index in [0.29, 0.717) is 0 Å². The zero-order chi connectivity index (χ0) is 5.65. The highest BCUT2D eigenvalue weighted by atomic mass is 79.9. The summed E-state index contributed by atoms with van der Waals surface area (Å²) in [6.07, 6.45) is 0. The fourth-order valence-corrected chi connectivity index (χ4v) is 1.86. The van der Waals surface area contributed by atoms with Gasteiger partial charge >= 0.3 is 0 Å². The Kier molecular flexibility index (Phi) is 1.54. The van der Waals surface area contributed by atoms with E-state index < -0.39 is 3.78 Å². The SMILES string of the molecule is Cl[C@@H]1[C@H](Cl)C1(Cl)Br. The first-order valence-corrected chi connectivity index (χ1v) is 3.77. The summed E-state index contributed by atoms with van der Waals surface area (Å²) < 4.78 is -0.518. The van der Waals surface area contributed by atoms with Crippen LogP contribution in [0.2, 0.25) is 0 Å². The molecule has 42 valence electrons. The van der Waals surface area contributed by atoms with E-state index >= 15 is 0 Å². The van der Waals surface area contributed by atoms with E-state index in [-0.39, 0.29) is 10.8 Å². The molecule has 1 fully saturated rings. The van der Waals surface area contributed by atoms with Crippen LogP contribution in [0.3, 0.4) is 0 Å². The molecule has 0 saturated heterocycles. The second kappa shape index (κ2) is 1.66. The number of rotatable bonds is 0. The molecule has 1 unspecified atom stereocenters. The highest BCUT2D eigenvalue weighted by Crippen LogP contribution is 2.56. The van der Waals surface area contributed by atoms with E-state index in [2.05, 4.69) is 15.9 Å². The summed E-state index contributed by atoms with van der Waals surface area (Å²) in [5, 5.41) is -0.230. The van der Waals surface area contributed by atoms with Crippen LogP contribution in [-0.2, 0) is 0 Å². The molecule has 3 atom stereocenters. The van der Waals surface area contributed by atoms with Gasteiger partial charge in [-0.15, -0.1) is 34.8 Å². The molecule has 1 aliphatic carbocycles. The van der Waals surface area contributed by atoms with E-state index in [9.17, 15) is 0 Å². The predicted octanol–water partition coefficient (Wildman–Crippen LogP) is 2.54. The molecule has 0 heterocycles. The molecule has 1 aliphatic rings. The van der Waals surface area contributed by atoms with Gasteiger partial charge in [-0.1, -0.05) is 15.9 Å². The lowest BCUT2D eigenvalue weighted by Crippen LogP contribution is -1.85. The van der Waals surface area contributed by atoms with Crippen molar-refractivity contribution in [1.29, 1.82) is 0 Å². The first-order valence-electron chi connectivity index (χ1n) is 1.73. The van der Waals surface area contributed by atoms with Crippen LogP contribution in [-0.4, -0.2) is 14.5 Å². The number of alkyl halides is 4. The van der Waals surface area contributed by atoms with Crippen molar-refractivity contribution in [1.82, 2.24) is 0 Å². The Morgan fingerprint density at radius 3 is 1.43 bits per heavy atom. The summed E-state index contributed by atoms with van der Waals surface area (Å²) in [6.45, 7) is 0. The van der Waals surface area contributed by atoms with Gasteiger partial charge in [-0.3, -0.25) is 0 Å². The van der Waals surface area contributed by atoms with E-state index in [0.717, 1.165) is 0 Å². The zero-order valence-corrected chi connectivity index (χ0v) is 7.02. The standard InChI is InChI=1S/C3H2BrCl3/c4-3(7)1(5)2(3)6/h1-2H/t1-,2+,3?. The molecule has 0 amide bonds. The lowest BCUT2D eigenvalue weighted by Gasteiger charge is -1.85. The Hall–Kier alpha value is 1.35. The van der Waals surface area contributed by atoms with Crippen molar-refractivity contribution in [2.45, 2.75) is 14.5 Å². The molecule has 0 nitrogen and oxygen atoms in total. The van der Waals surface area contributed by atoms with Crippen molar-refractivity contribution in [3.8, 4) is 0 Å². The monoisotopic (exact) mass is 222 g/mol. The molecule has 0 aromatic rings. The van der Waals surface area contributed by atoms with Crippen molar-refractivity contribution < 1.29 is 0 Å². The van der Waals surface area contributed by atoms with Gasteiger partial charge in [-0.2, -0.15) is 0 Å². The smallest absolute Gasteiger partial charge is 0.118 e. The average molecular weight is 224 g/mol. The van der Waals surface area contributed by atoms with Crippen LogP contribution in [0, 0.1) is 0 Å². The Balaban J connectivity index is 2.52. The molecular weight excluding hydrogens is 222 g/mol. The minimum atomic E-state index is -0.518. The normalized spacial score (nSPS) is 60.0. The minimum Gasteiger partial charge on any atom is -0.118 e. The van der Waals surface area contributed by atoms with Gasteiger partial charge in [0.15, 0.2) is 0 Å². The van der Waals surface area contributed by atoms with Crippen molar-refractivity contribution in [2.75, 3.05) is 0 Å². The predicted molar refractivity (Wildman–Crippen MR) is 36.8 cm³/mol. The zero-order valence-electron chi connectivity index (χ0n) is 3.17. The lowest BCUT2D eigenvalue weighted by atomic mass is 11.0. The van der Waals surface area contributed by atoms with E-state index in [1.54, 1.807) is 0 Å². The van der Waals surface area contributed by atoms with Crippen LogP contribution in [0.1, 0.15) is 0 Å². The fraction of sp³-hybridized carbons (Fsp3) is 1.00. The average Bonchev–Trinajstić information content (AvgIpc) is 1.91. The molecule has 0 aromatic heterocycles. The molecule has 0 spiro atoms. The molecule has 7 heavy (non-hydrogen) atoms. The van der Waals surface area contributed by atoms with Crippen molar-refractivity contribution in [3.05, 3.63) is 0 Å². The molecule has 0 aliphatic heterocycles. The fourth-order valence-electron chi connectivity index (χ4n) is 0.255. The topological polar surface area (TPSA) is 0 Å². The third-order valence-electron chi connectivity index (χ3n) is 0.883.